The molecule has 1 N–H and O–H groups in total. The van der Waals surface area contributed by atoms with Crippen LogP contribution in [0.2, 0.25) is 0 Å². The highest BCUT2D eigenvalue weighted by atomic mass is 32.1. The molecule has 1 aliphatic carbocycles. The molecule has 0 saturated heterocycles. The molecule has 0 aliphatic heterocycles. The number of rotatable bonds is 5. The topological polar surface area (TPSA) is 66.8 Å². The molecule has 1 saturated carbocycles. The van der Waals surface area contributed by atoms with E-state index in [2.05, 4.69) is 6.92 Å². The van der Waals surface area contributed by atoms with Gasteiger partial charge in [0.1, 0.15) is 5.00 Å². The van der Waals surface area contributed by atoms with E-state index >= 15 is 0 Å². The van der Waals surface area contributed by atoms with Crippen LogP contribution in [-0.4, -0.2) is 23.2 Å². The van der Waals surface area contributed by atoms with Crippen LogP contribution < -0.4 is 9.64 Å². The molecule has 8 heteroatoms. The van der Waals surface area contributed by atoms with Gasteiger partial charge in [0.05, 0.1) is 0 Å². The lowest BCUT2D eigenvalue weighted by Crippen LogP contribution is -2.42. The Labute approximate surface area is 178 Å². The predicted molar refractivity (Wildman–Crippen MR) is 112 cm³/mol. The number of nitrogens with zero attached hydrogens (tertiary/aromatic N) is 1. The number of carboxylic acid groups (broad SMARTS) is 1. The summed E-state index contributed by atoms with van der Waals surface area (Å²) in [6, 6.07) is 4.68. The lowest BCUT2D eigenvalue weighted by Gasteiger charge is -2.33. The van der Waals surface area contributed by atoms with Crippen molar-refractivity contribution in [3.05, 3.63) is 35.9 Å². The fourth-order valence-electron chi connectivity index (χ4n) is 3.78. The van der Waals surface area contributed by atoms with Crippen molar-refractivity contribution in [2.45, 2.75) is 52.5 Å². The third-order valence-electron chi connectivity index (χ3n) is 5.42. The number of anilines is 1. The van der Waals surface area contributed by atoms with Crippen molar-refractivity contribution in [3.8, 4) is 16.2 Å². The summed E-state index contributed by atoms with van der Waals surface area (Å²) in [6.07, 6.45) is 2.03. The fraction of sp³-hybridized carbons (Fsp3) is 0.455. The molecule has 0 bridgehead atoms. The summed E-state index contributed by atoms with van der Waals surface area (Å²) in [4.78, 5) is 26.6. The number of ether oxygens (including phenoxy) is 1. The number of carbonyl (C=O) groups excluding carboxylic acids is 1. The van der Waals surface area contributed by atoms with Crippen LogP contribution in [-0.2, 0) is 4.79 Å². The summed E-state index contributed by atoms with van der Waals surface area (Å²) in [6.45, 7) is 5.88. The Kier molecular flexibility index (Phi) is 6.75. The van der Waals surface area contributed by atoms with Crippen molar-refractivity contribution in [1.29, 1.82) is 0 Å². The van der Waals surface area contributed by atoms with E-state index in [9.17, 15) is 18.4 Å². The van der Waals surface area contributed by atoms with Crippen LogP contribution in [0.5, 0.6) is 5.75 Å². The second kappa shape index (κ2) is 9.12. The molecule has 2 aromatic rings. The van der Waals surface area contributed by atoms with Gasteiger partial charge in [0.25, 0.3) is 0 Å². The van der Waals surface area contributed by atoms with Crippen LogP contribution in [0.1, 0.15) is 46.5 Å². The number of benzene rings is 1. The van der Waals surface area contributed by atoms with Crippen molar-refractivity contribution in [2.24, 2.45) is 11.8 Å². The number of hydrogen-bond donors (Lipinski definition) is 1. The Morgan fingerprint density at radius 3 is 2.37 bits per heavy atom. The monoisotopic (exact) mass is 437 g/mol. The van der Waals surface area contributed by atoms with Crippen LogP contribution >= 0.6 is 11.3 Å². The van der Waals surface area contributed by atoms with E-state index in [4.69, 9.17) is 9.84 Å². The fourth-order valence-corrected chi connectivity index (χ4v) is 5.00. The summed E-state index contributed by atoms with van der Waals surface area (Å²) in [7, 11) is 0. The normalized spacial score (nSPS) is 19.0. The summed E-state index contributed by atoms with van der Waals surface area (Å²) >= 11 is 1.13. The van der Waals surface area contributed by atoms with E-state index in [-0.39, 0.29) is 23.6 Å². The third-order valence-corrected chi connectivity index (χ3v) is 6.58. The van der Waals surface area contributed by atoms with Crippen LogP contribution in [0.25, 0.3) is 10.4 Å². The molecule has 1 aromatic heterocycles. The summed E-state index contributed by atoms with van der Waals surface area (Å²) in [5.41, 5.74) is 0.378. The maximum atomic E-state index is 13.7. The lowest BCUT2D eigenvalue weighted by molar-refractivity contribution is -0.123. The highest BCUT2D eigenvalue weighted by Crippen LogP contribution is 2.45. The van der Waals surface area contributed by atoms with E-state index in [1.807, 2.05) is 13.8 Å². The Hall–Kier alpha value is -2.48. The Morgan fingerprint density at radius 2 is 1.80 bits per heavy atom. The molecule has 1 amide bonds. The molecule has 1 heterocycles. The summed E-state index contributed by atoms with van der Waals surface area (Å²) in [5, 5.41) is 9.52. The van der Waals surface area contributed by atoms with Gasteiger partial charge in [-0.25, -0.2) is 13.6 Å². The van der Waals surface area contributed by atoms with Gasteiger partial charge in [-0.2, -0.15) is 0 Å². The molecule has 30 heavy (non-hydrogen) atoms. The van der Waals surface area contributed by atoms with E-state index in [1.165, 1.54) is 12.1 Å². The largest absolute Gasteiger partial charge is 0.511 e. The molecule has 5 nitrogen and oxygen atoms in total. The molecular weight excluding hydrogens is 412 g/mol. The van der Waals surface area contributed by atoms with E-state index < -0.39 is 17.8 Å². The third kappa shape index (κ3) is 4.80. The zero-order chi connectivity index (χ0) is 22.0. The van der Waals surface area contributed by atoms with Crippen molar-refractivity contribution >= 4 is 28.4 Å². The Bertz CT molecular complexity index is 935. The van der Waals surface area contributed by atoms with Gasteiger partial charge >= 0.3 is 6.16 Å². The highest BCUT2D eigenvalue weighted by molar-refractivity contribution is 7.20. The van der Waals surface area contributed by atoms with Gasteiger partial charge in [0.15, 0.2) is 17.4 Å². The van der Waals surface area contributed by atoms with Gasteiger partial charge in [-0.3, -0.25) is 9.69 Å². The Morgan fingerprint density at radius 1 is 1.13 bits per heavy atom. The molecule has 1 fully saturated rings. The van der Waals surface area contributed by atoms with Crippen molar-refractivity contribution < 1.29 is 28.2 Å². The average molecular weight is 438 g/mol. The first-order valence-corrected chi connectivity index (χ1v) is 10.8. The van der Waals surface area contributed by atoms with Gasteiger partial charge in [-0.15, -0.1) is 11.3 Å². The average Bonchev–Trinajstić information content (AvgIpc) is 3.07. The van der Waals surface area contributed by atoms with E-state index in [0.717, 1.165) is 49.2 Å². The number of carbonyl (C=O) groups is 2. The molecule has 3 rings (SSSR count). The molecule has 0 radical (unpaired) electrons. The maximum absolute atomic E-state index is 13.7. The molecular formula is C22H25F2NO4S. The molecule has 0 atom stereocenters. The second-order valence-electron chi connectivity index (χ2n) is 8.04. The number of thiophene rings is 1. The first-order chi connectivity index (χ1) is 14.2. The Balaban J connectivity index is 2.01. The standard InChI is InChI=1S/C22H25F2NO4S/c1-12(2)25(20(26)14-6-4-13(3)5-7-14)21-18(29-22(27)28)11-19(30-21)15-8-9-16(23)17(24)10-15/h8-14H,4-7H2,1-3H3,(H,27,28)/t13-,14-. The molecule has 1 aliphatic rings. The molecule has 1 aromatic carbocycles. The predicted octanol–water partition coefficient (Wildman–Crippen LogP) is 6.32. The smallest absolute Gasteiger partial charge is 0.449 e. The maximum Gasteiger partial charge on any atom is 0.511 e. The minimum Gasteiger partial charge on any atom is -0.449 e. The van der Waals surface area contributed by atoms with Gasteiger partial charge < -0.3 is 9.84 Å². The molecule has 0 spiro atoms. The summed E-state index contributed by atoms with van der Waals surface area (Å²) in [5.74, 6) is -1.56. The first kappa shape index (κ1) is 22.2. The molecule has 0 unspecified atom stereocenters. The van der Waals surface area contributed by atoms with E-state index in [0.29, 0.717) is 21.4 Å². The minimum absolute atomic E-state index is 0.0125. The van der Waals surface area contributed by atoms with Crippen molar-refractivity contribution in [2.75, 3.05) is 4.90 Å². The zero-order valence-electron chi connectivity index (χ0n) is 17.2. The van der Waals surface area contributed by atoms with Crippen LogP contribution in [0.3, 0.4) is 0 Å². The quantitative estimate of drug-likeness (QED) is 0.556. The lowest BCUT2D eigenvalue weighted by atomic mass is 9.82. The van der Waals surface area contributed by atoms with Crippen LogP contribution in [0.4, 0.5) is 18.6 Å². The van der Waals surface area contributed by atoms with Gasteiger partial charge in [-0.1, -0.05) is 13.0 Å². The highest BCUT2D eigenvalue weighted by Gasteiger charge is 2.33. The van der Waals surface area contributed by atoms with Crippen molar-refractivity contribution in [1.82, 2.24) is 0 Å². The van der Waals surface area contributed by atoms with Gasteiger partial charge in [0, 0.05) is 22.9 Å². The first-order valence-electron chi connectivity index (χ1n) is 10.0. The zero-order valence-corrected chi connectivity index (χ0v) is 18.0. The van der Waals surface area contributed by atoms with E-state index in [1.54, 1.807) is 4.90 Å². The van der Waals surface area contributed by atoms with Crippen LogP contribution in [0, 0.1) is 23.5 Å². The number of hydrogen-bond acceptors (Lipinski definition) is 4. The van der Waals surface area contributed by atoms with Gasteiger partial charge in [-0.05, 0) is 63.1 Å². The van der Waals surface area contributed by atoms with Gasteiger partial charge in [0.2, 0.25) is 5.91 Å². The number of halogens is 2. The SMILES string of the molecule is CC(C)N(c1sc(-c2ccc(F)c(F)c2)cc1OC(=O)O)C(=O)[C@H]1CC[C@H](C)CC1. The summed E-state index contributed by atoms with van der Waals surface area (Å²) < 4.78 is 32.0. The number of amides is 1. The second-order valence-corrected chi connectivity index (χ2v) is 9.07. The molecule has 162 valence electrons. The van der Waals surface area contributed by atoms with Crippen molar-refractivity contribution in [3.63, 3.8) is 0 Å². The van der Waals surface area contributed by atoms with Crippen LogP contribution in [0.15, 0.2) is 24.3 Å². The minimum atomic E-state index is -1.51.